The number of nitrogens with zero attached hydrogens (tertiary/aromatic N) is 2. The molecule has 0 bridgehead atoms. The van der Waals surface area contributed by atoms with Crippen LogP contribution in [0.15, 0.2) is 230 Å². The third-order valence-corrected chi connectivity index (χ3v) is 11.3. The lowest BCUT2D eigenvalue weighted by Crippen LogP contribution is -2.09. The molecule has 0 radical (unpaired) electrons. The highest BCUT2D eigenvalue weighted by molar-refractivity contribution is 6.32. The predicted octanol–water partition coefficient (Wildman–Crippen LogP) is 15.6. The van der Waals surface area contributed by atoms with Gasteiger partial charge in [0.05, 0.1) is 17.9 Å². The molecule has 2 nitrogen and oxygen atoms in total. The zero-order valence-electron chi connectivity index (χ0n) is 36.4. The van der Waals surface area contributed by atoms with E-state index in [0.717, 1.165) is 39.4 Å². The van der Waals surface area contributed by atoms with Gasteiger partial charge in [-0.05, 0) is 110 Å². The minimum Gasteiger partial charge on any atom is -0.311 e. The largest absolute Gasteiger partial charge is 0.311 e. The van der Waals surface area contributed by atoms with E-state index in [2.05, 4.69) is 161 Å². The Morgan fingerprint density at radius 3 is 1.47 bits per heavy atom. The Bertz CT molecular complexity index is 3500. The summed E-state index contributed by atoms with van der Waals surface area (Å²) in [5.41, 5.74) is 11.5. The number of hydrogen-bond acceptors (Lipinski definition) is 1. The first kappa shape index (κ1) is 28.7. The molecule has 0 saturated heterocycles. The highest BCUT2D eigenvalue weighted by Crippen LogP contribution is 2.44. The number of rotatable bonds is 7. The first-order valence-corrected chi connectivity index (χ1v) is 19.5. The fourth-order valence-electron chi connectivity index (χ4n) is 8.56. The Balaban J connectivity index is 1.03. The second kappa shape index (κ2) is 14.1. The van der Waals surface area contributed by atoms with Crippen molar-refractivity contribution in [2.45, 2.75) is 0 Å². The molecule has 0 saturated carbocycles. The van der Waals surface area contributed by atoms with Crippen LogP contribution in [-0.2, 0) is 0 Å². The summed E-state index contributed by atoms with van der Waals surface area (Å²) in [5.74, 6) is 0. The van der Waals surface area contributed by atoms with E-state index in [0.29, 0.717) is 5.56 Å². The second-order valence-electron chi connectivity index (χ2n) is 14.6. The van der Waals surface area contributed by atoms with Crippen molar-refractivity contribution < 1.29 is 6.85 Å². The monoisotopic (exact) mass is 743 g/mol. The molecule has 272 valence electrons. The Morgan fingerprint density at radius 2 is 0.810 bits per heavy atom. The maximum Gasteiger partial charge on any atom is 0.0629 e. The molecule has 1 heterocycles. The number of fused-ring (bicyclic) bond motifs is 8. The van der Waals surface area contributed by atoms with Gasteiger partial charge in [0.1, 0.15) is 0 Å². The number of hydrogen-bond donors (Lipinski definition) is 0. The van der Waals surface area contributed by atoms with Crippen molar-refractivity contribution in [3.63, 3.8) is 0 Å². The standard InChI is InChI=1S/C56H38N2/c1-4-14-39(15-5-1)41-24-31-46(32-25-41)57(45-18-8-3-9-19-45)47-33-28-43(29-34-47)44-30-37-54-53(38-44)55-51-22-12-10-20-49(51)50-21-11-13-23-52(50)56(55)58(54)48-35-26-42(27-36-48)40-16-6-2-7-17-40/h1-38H/i1D,4D,5D,14D,15D. The Labute approximate surface area is 345 Å². The molecule has 0 aliphatic carbocycles. The van der Waals surface area contributed by atoms with Crippen molar-refractivity contribution in [3.05, 3.63) is 230 Å². The van der Waals surface area contributed by atoms with Gasteiger partial charge < -0.3 is 9.47 Å². The van der Waals surface area contributed by atoms with Gasteiger partial charge in [-0.2, -0.15) is 0 Å². The van der Waals surface area contributed by atoms with E-state index >= 15 is 0 Å². The molecule has 1 aromatic heterocycles. The van der Waals surface area contributed by atoms with Gasteiger partial charge in [0, 0.05) is 38.9 Å². The zero-order valence-corrected chi connectivity index (χ0v) is 31.4. The highest BCUT2D eigenvalue weighted by atomic mass is 15.1. The second-order valence-corrected chi connectivity index (χ2v) is 14.6. The molecule has 0 spiro atoms. The van der Waals surface area contributed by atoms with E-state index in [9.17, 15) is 0 Å². The van der Waals surface area contributed by atoms with E-state index in [-0.39, 0.29) is 29.7 Å². The minimum absolute atomic E-state index is 0.186. The number of anilines is 3. The van der Waals surface area contributed by atoms with E-state index < -0.39 is 6.04 Å². The molecule has 0 N–H and O–H groups in total. The van der Waals surface area contributed by atoms with Gasteiger partial charge >= 0.3 is 0 Å². The molecule has 0 fully saturated rings. The molecule has 58 heavy (non-hydrogen) atoms. The molecule has 0 unspecified atom stereocenters. The van der Waals surface area contributed by atoms with Gasteiger partial charge in [0.25, 0.3) is 0 Å². The first-order chi connectivity index (χ1) is 30.9. The van der Waals surface area contributed by atoms with Crippen LogP contribution in [0.3, 0.4) is 0 Å². The molecule has 0 amide bonds. The Morgan fingerprint density at radius 1 is 0.345 bits per heavy atom. The van der Waals surface area contributed by atoms with Crippen LogP contribution in [0, 0.1) is 0 Å². The zero-order chi connectivity index (χ0) is 42.8. The van der Waals surface area contributed by atoms with Crippen molar-refractivity contribution in [1.82, 2.24) is 4.57 Å². The van der Waals surface area contributed by atoms with Crippen LogP contribution in [0.1, 0.15) is 6.85 Å². The summed E-state index contributed by atoms with van der Waals surface area (Å²) in [6, 6.07) is 68.5. The molecule has 10 aromatic carbocycles. The third-order valence-electron chi connectivity index (χ3n) is 11.3. The van der Waals surface area contributed by atoms with Gasteiger partial charge in [-0.25, -0.2) is 0 Å². The lowest BCUT2D eigenvalue weighted by molar-refractivity contribution is 1.19. The van der Waals surface area contributed by atoms with Crippen LogP contribution >= 0.6 is 0 Å². The summed E-state index contributed by atoms with van der Waals surface area (Å²) in [6.45, 7) is 0. The SMILES string of the molecule is [2H]c1c([2H])c([2H])c(-c2ccc(N(c3ccccc3)c3ccc(-c4ccc5c(c4)c4c6ccccc6c6ccccc6c4n5-c4ccc(-c5ccccc5)cc4)cc3)cc2)c([2H])c1[2H]. The molecule has 0 atom stereocenters. The van der Waals surface area contributed by atoms with Gasteiger partial charge in [0.2, 0.25) is 0 Å². The molecular formula is C56H38N2. The quantitative estimate of drug-likeness (QED) is 0.148. The van der Waals surface area contributed by atoms with E-state index in [1.54, 1.807) is 0 Å². The van der Waals surface area contributed by atoms with Crippen LogP contribution in [0.25, 0.3) is 82.4 Å². The number of aromatic nitrogens is 1. The van der Waals surface area contributed by atoms with Crippen LogP contribution in [0.4, 0.5) is 17.1 Å². The lowest BCUT2D eigenvalue weighted by atomic mass is 9.95. The topological polar surface area (TPSA) is 8.17 Å². The molecule has 0 aliphatic rings. The number of para-hydroxylation sites is 1. The summed E-state index contributed by atoms with van der Waals surface area (Å²) >= 11 is 0. The van der Waals surface area contributed by atoms with Gasteiger partial charge in [-0.1, -0.05) is 170 Å². The maximum absolute atomic E-state index is 8.51. The lowest BCUT2D eigenvalue weighted by Gasteiger charge is -2.26. The average Bonchev–Trinajstić information content (AvgIpc) is 3.69. The third kappa shape index (κ3) is 5.74. The molecule has 2 heteroatoms. The van der Waals surface area contributed by atoms with E-state index in [4.69, 9.17) is 6.85 Å². The average molecular weight is 744 g/mol. The fraction of sp³-hybridized carbons (Fsp3) is 0. The summed E-state index contributed by atoms with van der Waals surface area (Å²) in [4.78, 5) is 2.16. The minimum atomic E-state index is -0.400. The summed E-state index contributed by atoms with van der Waals surface area (Å²) in [7, 11) is 0. The smallest absolute Gasteiger partial charge is 0.0629 e. The van der Waals surface area contributed by atoms with Crippen molar-refractivity contribution >= 4 is 60.4 Å². The normalized spacial score (nSPS) is 12.7. The van der Waals surface area contributed by atoms with Crippen molar-refractivity contribution in [2.24, 2.45) is 0 Å². The Hall–Kier alpha value is -7.68. The van der Waals surface area contributed by atoms with Crippen molar-refractivity contribution in [1.29, 1.82) is 0 Å². The molecule has 11 aromatic rings. The summed E-state index contributed by atoms with van der Waals surface area (Å²) in [5, 5.41) is 7.31. The number of benzene rings is 10. The van der Waals surface area contributed by atoms with Gasteiger partial charge in [-0.15, -0.1) is 0 Å². The maximum atomic E-state index is 8.51. The van der Waals surface area contributed by atoms with Crippen LogP contribution in [-0.4, -0.2) is 4.57 Å². The summed E-state index contributed by atoms with van der Waals surface area (Å²) < 4.78 is 43.9. The first-order valence-electron chi connectivity index (χ1n) is 22.0. The molecular weight excluding hydrogens is 701 g/mol. The highest BCUT2D eigenvalue weighted by Gasteiger charge is 2.20. The van der Waals surface area contributed by atoms with E-state index in [1.165, 1.54) is 49.0 Å². The molecule has 0 aliphatic heterocycles. The van der Waals surface area contributed by atoms with Gasteiger partial charge in [0.15, 0.2) is 0 Å². The Kier molecular flexibility index (Phi) is 6.98. The van der Waals surface area contributed by atoms with E-state index in [1.807, 2.05) is 48.5 Å². The van der Waals surface area contributed by atoms with Crippen LogP contribution in [0.5, 0.6) is 0 Å². The van der Waals surface area contributed by atoms with Crippen LogP contribution < -0.4 is 4.90 Å². The van der Waals surface area contributed by atoms with Crippen molar-refractivity contribution in [3.8, 4) is 39.1 Å². The van der Waals surface area contributed by atoms with Crippen LogP contribution in [0.2, 0.25) is 0 Å². The summed E-state index contributed by atoms with van der Waals surface area (Å²) in [6.07, 6.45) is 0. The van der Waals surface area contributed by atoms with Crippen molar-refractivity contribution in [2.75, 3.05) is 4.90 Å². The fourth-order valence-corrected chi connectivity index (χ4v) is 8.56. The predicted molar refractivity (Wildman–Crippen MR) is 247 cm³/mol. The van der Waals surface area contributed by atoms with Gasteiger partial charge in [-0.3, -0.25) is 0 Å². The molecule has 11 rings (SSSR count).